The van der Waals surface area contributed by atoms with E-state index >= 15 is 0 Å². The van der Waals surface area contributed by atoms with Crippen LogP contribution in [0.2, 0.25) is 0 Å². The fourth-order valence-electron chi connectivity index (χ4n) is 5.24. The van der Waals surface area contributed by atoms with Crippen LogP contribution in [0.1, 0.15) is 36.8 Å². The van der Waals surface area contributed by atoms with Crippen molar-refractivity contribution in [3.05, 3.63) is 53.3 Å². The summed E-state index contributed by atoms with van der Waals surface area (Å²) in [5.41, 5.74) is -0.921. The van der Waals surface area contributed by atoms with E-state index in [1.54, 1.807) is 14.2 Å². The van der Waals surface area contributed by atoms with Gasteiger partial charge in [0.05, 0.1) is 25.5 Å². The average Bonchev–Trinajstić information content (AvgIpc) is 3.23. The lowest BCUT2D eigenvalue weighted by Crippen LogP contribution is -2.52. The number of carbonyl (C=O) groups excluding carboxylic acids is 1. The minimum atomic E-state index is -4.84. The van der Waals surface area contributed by atoms with E-state index in [0.29, 0.717) is 30.4 Å². The summed E-state index contributed by atoms with van der Waals surface area (Å²) in [5, 5.41) is 8.54. The van der Waals surface area contributed by atoms with Crippen molar-refractivity contribution in [3.8, 4) is 11.5 Å². The fraction of sp³-hybridized carbons (Fsp3) is 0.458. The third-order valence-corrected chi connectivity index (χ3v) is 6.93. The van der Waals surface area contributed by atoms with Crippen molar-refractivity contribution in [1.82, 2.24) is 10.6 Å². The predicted molar refractivity (Wildman–Crippen MR) is 119 cm³/mol. The first-order valence-electron chi connectivity index (χ1n) is 11.1. The van der Waals surface area contributed by atoms with E-state index in [1.165, 1.54) is 0 Å². The number of nitrogens with one attached hydrogen (secondary N) is 3. The van der Waals surface area contributed by atoms with Gasteiger partial charge in [0, 0.05) is 17.5 Å². The number of anilines is 1. The molecule has 1 saturated carbocycles. The lowest BCUT2D eigenvalue weighted by molar-refractivity contribution is -0.139. The molecule has 3 N–H and O–H groups in total. The van der Waals surface area contributed by atoms with Gasteiger partial charge in [0.1, 0.15) is 0 Å². The van der Waals surface area contributed by atoms with Crippen molar-refractivity contribution in [2.45, 2.75) is 49.4 Å². The summed E-state index contributed by atoms with van der Waals surface area (Å²) in [5.74, 6) is -0.194. The number of rotatable bonds is 5. The van der Waals surface area contributed by atoms with Gasteiger partial charge < -0.3 is 25.4 Å². The van der Waals surface area contributed by atoms with Gasteiger partial charge in [0.25, 0.3) is 0 Å². The van der Waals surface area contributed by atoms with Crippen molar-refractivity contribution in [3.63, 3.8) is 0 Å². The van der Waals surface area contributed by atoms with Crippen molar-refractivity contribution in [2.75, 3.05) is 26.1 Å². The third kappa shape index (κ3) is 4.51. The zero-order valence-electron chi connectivity index (χ0n) is 18.9. The lowest BCUT2D eigenvalue weighted by Gasteiger charge is -2.43. The van der Waals surface area contributed by atoms with Gasteiger partial charge >= 0.3 is 12.2 Å². The summed E-state index contributed by atoms with van der Waals surface area (Å²) in [4.78, 5) is 12.5. The number of ether oxygens (including phenoxy) is 2. The van der Waals surface area contributed by atoms with Crippen LogP contribution in [-0.4, -0.2) is 38.9 Å². The minimum Gasteiger partial charge on any atom is -0.493 e. The summed E-state index contributed by atoms with van der Waals surface area (Å²) >= 11 is 0. The molecule has 1 aliphatic heterocycles. The van der Waals surface area contributed by atoms with Gasteiger partial charge in [-0.25, -0.2) is 9.18 Å². The number of carbonyl (C=O) groups is 1. The van der Waals surface area contributed by atoms with E-state index in [4.69, 9.17) is 9.47 Å². The standard InChI is InChI=1S/C24H27F4N3O3/c1-33-18-7-6-14(12-19(18)34-2)23-9-8-15(13-20(23)29-11-10-23)30-22(32)31-17-5-3-4-16(21(17)25)24(26,27)28/h3-7,12,15,20,29H,8-11,13H2,1-2H3,(H2,30,31,32). The number of methoxy groups -OCH3 is 2. The first kappa shape index (κ1) is 24.1. The molecule has 2 aliphatic rings. The molecule has 2 aromatic carbocycles. The van der Waals surface area contributed by atoms with Gasteiger partial charge in [-0.15, -0.1) is 0 Å². The van der Waals surface area contributed by atoms with E-state index < -0.39 is 29.3 Å². The molecule has 1 aliphatic carbocycles. The Morgan fingerprint density at radius 3 is 2.59 bits per heavy atom. The van der Waals surface area contributed by atoms with Crippen LogP contribution in [-0.2, 0) is 11.6 Å². The normalized spacial score (nSPS) is 24.3. The molecule has 2 aromatic rings. The van der Waals surface area contributed by atoms with Crippen LogP contribution in [0.15, 0.2) is 36.4 Å². The SMILES string of the molecule is COc1ccc(C23CCNC2CC(NC(=O)Nc2cccc(C(F)(F)F)c2F)CC3)cc1OC. The highest BCUT2D eigenvalue weighted by Crippen LogP contribution is 2.47. The Bertz CT molecular complexity index is 1060. The number of alkyl halides is 3. The monoisotopic (exact) mass is 481 g/mol. The number of halogens is 4. The first-order chi connectivity index (χ1) is 16.2. The Hall–Kier alpha value is -3.01. The molecule has 4 rings (SSSR count). The number of amides is 2. The average molecular weight is 481 g/mol. The maximum absolute atomic E-state index is 14.2. The highest BCUT2D eigenvalue weighted by Gasteiger charge is 2.48. The van der Waals surface area contributed by atoms with Crippen molar-refractivity contribution < 1.29 is 31.8 Å². The second kappa shape index (κ2) is 9.32. The van der Waals surface area contributed by atoms with Crippen molar-refractivity contribution in [2.24, 2.45) is 0 Å². The topological polar surface area (TPSA) is 71.6 Å². The molecule has 0 radical (unpaired) electrons. The summed E-state index contributed by atoms with van der Waals surface area (Å²) in [7, 11) is 3.18. The van der Waals surface area contributed by atoms with Gasteiger partial charge in [0.2, 0.25) is 0 Å². The minimum absolute atomic E-state index is 0.0925. The van der Waals surface area contributed by atoms with Crippen LogP contribution in [0.3, 0.4) is 0 Å². The lowest BCUT2D eigenvalue weighted by atomic mass is 9.65. The quantitative estimate of drug-likeness (QED) is 0.535. The van der Waals surface area contributed by atoms with Crippen LogP contribution in [0.4, 0.5) is 28.0 Å². The molecule has 6 nitrogen and oxygen atoms in total. The third-order valence-electron chi connectivity index (χ3n) is 6.93. The second-order valence-electron chi connectivity index (χ2n) is 8.72. The molecule has 0 aromatic heterocycles. The van der Waals surface area contributed by atoms with Gasteiger partial charge in [0.15, 0.2) is 17.3 Å². The molecule has 1 saturated heterocycles. The number of fused-ring (bicyclic) bond motifs is 1. The second-order valence-corrected chi connectivity index (χ2v) is 8.72. The van der Waals surface area contributed by atoms with Crippen LogP contribution >= 0.6 is 0 Å². The summed E-state index contributed by atoms with van der Waals surface area (Å²) in [6.07, 6.45) is -1.81. The zero-order valence-corrected chi connectivity index (χ0v) is 18.9. The van der Waals surface area contributed by atoms with Gasteiger partial charge in [-0.2, -0.15) is 13.2 Å². The number of urea groups is 1. The zero-order chi connectivity index (χ0) is 24.5. The van der Waals surface area contributed by atoms with Crippen LogP contribution in [0.25, 0.3) is 0 Å². The molecule has 34 heavy (non-hydrogen) atoms. The molecule has 3 unspecified atom stereocenters. The van der Waals surface area contributed by atoms with E-state index in [-0.39, 0.29) is 17.5 Å². The predicted octanol–water partition coefficient (Wildman–Crippen LogP) is 4.84. The van der Waals surface area contributed by atoms with Gasteiger partial charge in [-0.05, 0) is 62.1 Å². The van der Waals surface area contributed by atoms with Crippen LogP contribution in [0.5, 0.6) is 11.5 Å². The molecule has 10 heteroatoms. The maximum Gasteiger partial charge on any atom is 0.419 e. The van der Waals surface area contributed by atoms with E-state index in [2.05, 4.69) is 16.0 Å². The molecule has 0 bridgehead atoms. The van der Waals surface area contributed by atoms with Crippen molar-refractivity contribution in [1.29, 1.82) is 0 Å². The summed E-state index contributed by atoms with van der Waals surface area (Å²) in [6.45, 7) is 0.827. The van der Waals surface area contributed by atoms with Crippen LogP contribution < -0.4 is 25.4 Å². The van der Waals surface area contributed by atoms with E-state index in [1.807, 2.05) is 18.2 Å². The highest BCUT2D eigenvalue weighted by molar-refractivity contribution is 5.89. The van der Waals surface area contributed by atoms with Gasteiger partial charge in [-0.3, -0.25) is 0 Å². The number of hydrogen-bond acceptors (Lipinski definition) is 4. The Morgan fingerprint density at radius 2 is 1.88 bits per heavy atom. The Morgan fingerprint density at radius 1 is 1.12 bits per heavy atom. The summed E-state index contributed by atoms with van der Waals surface area (Å²) < 4.78 is 63.9. The Kier molecular flexibility index (Phi) is 6.62. The molecule has 2 amide bonds. The number of hydrogen-bond donors (Lipinski definition) is 3. The smallest absolute Gasteiger partial charge is 0.419 e. The van der Waals surface area contributed by atoms with Crippen LogP contribution in [0, 0.1) is 5.82 Å². The largest absolute Gasteiger partial charge is 0.493 e. The van der Waals surface area contributed by atoms with Crippen molar-refractivity contribution >= 4 is 11.7 Å². The maximum atomic E-state index is 14.2. The molecule has 1 heterocycles. The molecule has 0 spiro atoms. The molecular weight excluding hydrogens is 454 g/mol. The van der Waals surface area contributed by atoms with E-state index in [9.17, 15) is 22.4 Å². The molecule has 184 valence electrons. The summed E-state index contributed by atoms with van der Waals surface area (Å²) in [6, 6.07) is 7.87. The Balaban J connectivity index is 1.44. The number of benzene rings is 2. The fourth-order valence-corrected chi connectivity index (χ4v) is 5.24. The molecule has 3 atom stereocenters. The highest BCUT2D eigenvalue weighted by atomic mass is 19.4. The van der Waals surface area contributed by atoms with E-state index in [0.717, 1.165) is 37.1 Å². The Labute approximate surface area is 195 Å². The molecular formula is C24H27F4N3O3. The first-order valence-corrected chi connectivity index (χ1v) is 11.1. The molecule has 2 fully saturated rings. The van der Waals surface area contributed by atoms with Gasteiger partial charge in [-0.1, -0.05) is 12.1 Å².